The maximum atomic E-state index is 11.9. The van der Waals surface area contributed by atoms with E-state index in [2.05, 4.69) is 5.43 Å². The number of nitrogens with zero attached hydrogens (tertiary/aromatic N) is 1. The molecule has 2 aromatic rings. The summed E-state index contributed by atoms with van der Waals surface area (Å²) >= 11 is 5.81. The fraction of sp³-hybridized carbons (Fsp3) is 0.0769. The Morgan fingerprint density at radius 1 is 1.21 bits per heavy atom. The number of carbonyl (C=O) groups excluding carboxylic acids is 1. The fourth-order valence-electron chi connectivity index (χ4n) is 1.82. The van der Waals surface area contributed by atoms with Crippen molar-refractivity contribution in [1.82, 2.24) is 9.99 Å². The highest BCUT2D eigenvalue weighted by Crippen LogP contribution is 2.19. The van der Waals surface area contributed by atoms with Crippen molar-refractivity contribution in [1.29, 1.82) is 0 Å². The first kappa shape index (κ1) is 13.3. The van der Waals surface area contributed by atoms with Gasteiger partial charge in [0, 0.05) is 17.3 Å². The van der Waals surface area contributed by atoms with E-state index >= 15 is 0 Å². The van der Waals surface area contributed by atoms with E-state index in [-0.39, 0.29) is 5.56 Å². The second-order valence-electron chi connectivity index (χ2n) is 3.91. The Bertz CT molecular complexity index is 637. The number of nitrogens with one attached hydrogen (secondary N) is 1. The van der Waals surface area contributed by atoms with Crippen LogP contribution in [0.4, 0.5) is 0 Å². The number of amides is 1. The number of halogens is 1. The van der Waals surface area contributed by atoms with Gasteiger partial charge in [0.25, 0.3) is 11.5 Å². The van der Waals surface area contributed by atoms with E-state index in [0.717, 1.165) is 0 Å². The zero-order chi connectivity index (χ0) is 13.8. The van der Waals surface area contributed by atoms with Crippen molar-refractivity contribution in [2.45, 2.75) is 6.04 Å². The lowest BCUT2D eigenvalue weighted by atomic mass is 10.1. The summed E-state index contributed by atoms with van der Waals surface area (Å²) in [4.78, 5) is 23.8. The zero-order valence-electron chi connectivity index (χ0n) is 9.92. The van der Waals surface area contributed by atoms with Gasteiger partial charge < -0.3 is 0 Å². The predicted molar refractivity (Wildman–Crippen MR) is 72.6 cm³/mol. The van der Waals surface area contributed by atoms with Gasteiger partial charge in [-0.1, -0.05) is 29.8 Å². The van der Waals surface area contributed by atoms with E-state index in [4.69, 9.17) is 17.4 Å². The maximum Gasteiger partial charge on any atom is 0.261 e. The largest absolute Gasteiger partial charge is 0.299 e. The number of aromatic nitrogens is 1. The molecule has 0 saturated heterocycles. The molecule has 0 saturated carbocycles. The highest BCUT2D eigenvalue weighted by molar-refractivity contribution is 6.30. The topological polar surface area (TPSA) is 77.1 Å². The van der Waals surface area contributed by atoms with Crippen LogP contribution in [0.2, 0.25) is 5.02 Å². The van der Waals surface area contributed by atoms with Crippen molar-refractivity contribution < 1.29 is 4.79 Å². The van der Waals surface area contributed by atoms with Crippen LogP contribution in [0.15, 0.2) is 53.5 Å². The van der Waals surface area contributed by atoms with E-state index in [1.165, 1.54) is 16.8 Å². The van der Waals surface area contributed by atoms with Gasteiger partial charge in [-0.2, -0.15) is 0 Å². The summed E-state index contributed by atoms with van der Waals surface area (Å²) in [6.45, 7) is 0. The van der Waals surface area contributed by atoms with Gasteiger partial charge in [-0.05, 0) is 23.8 Å². The molecule has 0 radical (unpaired) electrons. The molecule has 5 nitrogen and oxygen atoms in total. The van der Waals surface area contributed by atoms with E-state index < -0.39 is 11.9 Å². The van der Waals surface area contributed by atoms with Crippen LogP contribution in [0.3, 0.4) is 0 Å². The monoisotopic (exact) mass is 277 g/mol. The summed E-state index contributed by atoms with van der Waals surface area (Å²) in [6.07, 6.45) is 1.54. The SMILES string of the molecule is NNC(=O)C(c1ccc(Cl)cc1)n1ccccc1=O. The minimum Gasteiger partial charge on any atom is -0.299 e. The number of nitrogens with two attached hydrogens (primary N) is 1. The Morgan fingerprint density at radius 2 is 1.89 bits per heavy atom. The van der Waals surface area contributed by atoms with Gasteiger partial charge in [-0.25, -0.2) is 5.84 Å². The van der Waals surface area contributed by atoms with Crippen molar-refractivity contribution in [2.24, 2.45) is 5.84 Å². The van der Waals surface area contributed by atoms with Crippen LogP contribution in [-0.4, -0.2) is 10.5 Å². The number of rotatable bonds is 3. The number of carbonyl (C=O) groups is 1. The van der Waals surface area contributed by atoms with Crippen molar-refractivity contribution in [2.75, 3.05) is 0 Å². The predicted octanol–water partition coefficient (Wildman–Crippen LogP) is 1.08. The Morgan fingerprint density at radius 3 is 2.47 bits per heavy atom. The van der Waals surface area contributed by atoms with E-state index in [1.807, 2.05) is 0 Å². The lowest BCUT2D eigenvalue weighted by molar-refractivity contribution is -0.123. The van der Waals surface area contributed by atoms with Gasteiger partial charge in [0.05, 0.1) is 0 Å². The first-order valence-corrected chi connectivity index (χ1v) is 5.94. The Labute approximate surface area is 114 Å². The molecule has 6 heteroatoms. The number of hydrogen-bond donors (Lipinski definition) is 2. The highest BCUT2D eigenvalue weighted by atomic mass is 35.5. The number of hydrogen-bond acceptors (Lipinski definition) is 3. The van der Waals surface area contributed by atoms with Crippen LogP contribution in [0.25, 0.3) is 0 Å². The summed E-state index contributed by atoms with van der Waals surface area (Å²) in [7, 11) is 0. The first-order chi connectivity index (χ1) is 9.13. The molecular formula is C13H12ClN3O2. The molecule has 0 spiro atoms. The van der Waals surface area contributed by atoms with E-state index in [0.29, 0.717) is 10.6 Å². The standard InChI is InChI=1S/C13H12ClN3O2/c14-10-6-4-9(5-7-10)12(13(19)16-15)17-8-2-1-3-11(17)18/h1-8,12H,15H2,(H,16,19). The van der Waals surface area contributed by atoms with E-state index in [9.17, 15) is 9.59 Å². The van der Waals surface area contributed by atoms with Gasteiger partial charge in [0.15, 0.2) is 0 Å². The summed E-state index contributed by atoms with van der Waals surface area (Å²) in [5.74, 6) is 4.71. The molecule has 19 heavy (non-hydrogen) atoms. The molecule has 1 unspecified atom stereocenters. The average molecular weight is 278 g/mol. The maximum absolute atomic E-state index is 11.9. The van der Waals surface area contributed by atoms with Crippen LogP contribution < -0.4 is 16.8 Å². The third-order valence-corrected chi connectivity index (χ3v) is 2.96. The second-order valence-corrected chi connectivity index (χ2v) is 4.35. The summed E-state index contributed by atoms with van der Waals surface area (Å²) in [5, 5.41) is 0.552. The third kappa shape index (κ3) is 2.83. The number of hydrazine groups is 1. The normalized spacial score (nSPS) is 11.9. The first-order valence-electron chi connectivity index (χ1n) is 5.56. The van der Waals surface area contributed by atoms with Gasteiger partial charge >= 0.3 is 0 Å². The van der Waals surface area contributed by atoms with Gasteiger partial charge in [0.1, 0.15) is 6.04 Å². The third-order valence-electron chi connectivity index (χ3n) is 2.71. The van der Waals surface area contributed by atoms with Crippen LogP contribution in [0, 0.1) is 0 Å². The van der Waals surface area contributed by atoms with Gasteiger partial charge in [-0.15, -0.1) is 0 Å². The minimum atomic E-state index is -0.823. The fourth-order valence-corrected chi connectivity index (χ4v) is 1.94. The van der Waals surface area contributed by atoms with Crippen molar-refractivity contribution in [3.63, 3.8) is 0 Å². The second kappa shape index (κ2) is 5.69. The molecule has 0 aliphatic carbocycles. The smallest absolute Gasteiger partial charge is 0.261 e. The van der Waals surface area contributed by atoms with Crippen molar-refractivity contribution in [3.05, 3.63) is 69.6 Å². The van der Waals surface area contributed by atoms with Gasteiger partial charge in [-0.3, -0.25) is 19.6 Å². The molecule has 0 aliphatic rings. The summed E-state index contributed by atoms with van der Waals surface area (Å²) in [5.41, 5.74) is 2.41. The van der Waals surface area contributed by atoms with Crippen molar-refractivity contribution in [3.8, 4) is 0 Å². The zero-order valence-corrected chi connectivity index (χ0v) is 10.7. The molecular weight excluding hydrogens is 266 g/mol. The molecule has 2 rings (SSSR count). The molecule has 1 atom stereocenters. The van der Waals surface area contributed by atoms with Crippen LogP contribution in [-0.2, 0) is 4.79 Å². The van der Waals surface area contributed by atoms with Crippen LogP contribution in [0.5, 0.6) is 0 Å². The number of benzene rings is 1. The minimum absolute atomic E-state index is 0.286. The van der Waals surface area contributed by atoms with Gasteiger partial charge in [0.2, 0.25) is 0 Å². The Hall–Kier alpha value is -2.11. The molecule has 1 heterocycles. The van der Waals surface area contributed by atoms with Crippen LogP contribution >= 0.6 is 11.6 Å². The Balaban J connectivity index is 2.54. The Kier molecular flexibility index (Phi) is 3.99. The van der Waals surface area contributed by atoms with Crippen LogP contribution in [0.1, 0.15) is 11.6 Å². The lowest BCUT2D eigenvalue weighted by Gasteiger charge is -2.18. The molecule has 1 aromatic heterocycles. The summed E-state index contributed by atoms with van der Waals surface area (Å²) in [6, 6.07) is 10.5. The molecule has 0 fully saturated rings. The quantitative estimate of drug-likeness (QED) is 0.501. The molecule has 1 aromatic carbocycles. The molecule has 0 aliphatic heterocycles. The molecule has 0 bridgehead atoms. The van der Waals surface area contributed by atoms with E-state index in [1.54, 1.807) is 36.4 Å². The van der Waals surface area contributed by atoms with Crippen molar-refractivity contribution >= 4 is 17.5 Å². The lowest BCUT2D eigenvalue weighted by Crippen LogP contribution is -2.40. The number of pyridine rings is 1. The molecule has 3 N–H and O–H groups in total. The molecule has 1 amide bonds. The molecule has 98 valence electrons. The summed E-state index contributed by atoms with van der Waals surface area (Å²) < 4.78 is 1.31. The average Bonchev–Trinajstić information content (AvgIpc) is 2.43. The highest BCUT2D eigenvalue weighted by Gasteiger charge is 2.22.